The van der Waals surface area contributed by atoms with Crippen molar-refractivity contribution in [2.45, 2.75) is 58.8 Å². The fourth-order valence-corrected chi connectivity index (χ4v) is 4.67. The van der Waals surface area contributed by atoms with E-state index in [4.69, 9.17) is 4.98 Å². The third-order valence-corrected chi connectivity index (χ3v) is 6.68. The van der Waals surface area contributed by atoms with Gasteiger partial charge in [0.05, 0.1) is 5.69 Å². The highest BCUT2D eigenvalue weighted by molar-refractivity contribution is 6.10. The Kier molecular flexibility index (Phi) is 8.89. The first-order chi connectivity index (χ1) is 16.2. The van der Waals surface area contributed by atoms with Crippen molar-refractivity contribution < 1.29 is 9.59 Å². The Morgan fingerprint density at radius 1 is 0.914 bits per heavy atom. The van der Waals surface area contributed by atoms with Gasteiger partial charge in [-0.1, -0.05) is 32.9 Å². The number of hydrogen-bond donors (Lipinski definition) is 0. The van der Waals surface area contributed by atoms with Gasteiger partial charge in [-0.25, -0.2) is 9.97 Å². The molecule has 0 spiro atoms. The first-order valence-electron chi connectivity index (χ1n) is 12.5. The van der Waals surface area contributed by atoms with Gasteiger partial charge in [-0.05, 0) is 38.4 Å². The summed E-state index contributed by atoms with van der Waals surface area (Å²) in [6, 6.07) is 9.60. The van der Waals surface area contributed by atoms with Crippen LogP contribution in [0.3, 0.4) is 0 Å². The highest BCUT2D eigenvalue weighted by Crippen LogP contribution is 2.27. The van der Waals surface area contributed by atoms with Gasteiger partial charge >= 0.3 is 0 Å². The van der Waals surface area contributed by atoms with Gasteiger partial charge in [-0.2, -0.15) is 0 Å². The Morgan fingerprint density at radius 2 is 1.60 bits per heavy atom. The van der Waals surface area contributed by atoms with E-state index >= 15 is 0 Å². The maximum Gasteiger partial charge on any atom is 0.227 e. The lowest BCUT2D eigenvalue weighted by atomic mass is 9.95. The van der Waals surface area contributed by atoms with E-state index in [1.165, 1.54) is 0 Å². The number of fused-ring (bicyclic) bond motifs is 1. The Bertz CT molecular complexity index is 1040. The van der Waals surface area contributed by atoms with Crippen molar-refractivity contribution >= 4 is 35.6 Å². The summed E-state index contributed by atoms with van der Waals surface area (Å²) in [7, 11) is 0. The molecule has 0 N–H and O–H groups in total. The van der Waals surface area contributed by atoms with Gasteiger partial charge in [0.25, 0.3) is 0 Å². The van der Waals surface area contributed by atoms with Crippen LogP contribution in [0.4, 0.5) is 11.5 Å². The van der Waals surface area contributed by atoms with E-state index in [0.717, 1.165) is 68.6 Å². The number of rotatable bonds is 6. The molecule has 1 aromatic carbocycles. The lowest BCUT2D eigenvalue weighted by Gasteiger charge is -2.36. The maximum atomic E-state index is 12.6. The van der Waals surface area contributed by atoms with Gasteiger partial charge in [-0.3, -0.25) is 14.5 Å². The van der Waals surface area contributed by atoms with Gasteiger partial charge < -0.3 is 9.80 Å². The number of ketones is 1. The molecule has 4 rings (SSSR count). The average Bonchev–Trinajstić information content (AvgIpc) is 2.93. The molecule has 0 saturated carbocycles. The number of aromatic nitrogens is 2. The molecule has 2 aliphatic rings. The highest BCUT2D eigenvalue weighted by Gasteiger charge is 2.26. The summed E-state index contributed by atoms with van der Waals surface area (Å²) in [6.07, 6.45) is 2.56. The molecule has 1 aromatic heterocycles. The second kappa shape index (κ2) is 11.5. The first-order valence-corrected chi connectivity index (χ1v) is 12.5. The Hall–Kier alpha value is -2.51. The number of unbranched alkanes of at least 4 members (excludes halogenated alkanes) is 1. The predicted molar refractivity (Wildman–Crippen MR) is 143 cm³/mol. The average molecular weight is 500 g/mol. The van der Waals surface area contributed by atoms with Gasteiger partial charge in [0.1, 0.15) is 11.6 Å². The molecule has 0 bridgehead atoms. The molecule has 190 valence electrons. The number of carbonyl (C=O) groups is 2. The molecule has 2 aliphatic heterocycles. The van der Waals surface area contributed by atoms with Crippen molar-refractivity contribution in [3.8, 4) is 0 Å². The molecule has 0 aliphatic carbocycles. The van der Waals surface area contributed by atoms with Crippen LogP contribution in [0.25, 0.3) is 0 Å². The summed E-state index contributed by atoms with van der Waals surface area (Å²) >= 11 is 0. The minimum absolute atomic E-state index is 0. The number of aryl methyl sites for hydroxylation is 1. The summed E-state index contributed by atoms with van der Waals surface area (Å²) in [5.74, 6) is 2.06. The Balaban J connectivity index is 0.00000342. The number of carbonyl (C=O) groups excluding carboxylic acids is 2. The quantitative estimate of drug-likeness (QED) is 0.548. The Labute approximate surface area is 215 Å². The van der Waals surface area contributed by atoms with Crippen LogP contribution in [0.15, 0.2) is 30.3 Å². The third kappa shape index (κ3) is 6.58. The molecule has 3 heterocycles. The van der Waals surface area contributed by atoms with Crippen LogP contribution < -0.4 is 9.80 Å². The van der Waals surface area contributed by atoms with Crippen molar-refractivity contribution in [3.05, 3.63) is 47.4 Å². The SMILES string of the molecule is Cc1cc(N2CCN(CCCCN3C(=O)CCC(=O)c4ccccc43)CC2)nc(C(C)(C)C)n1.Cl. The van der Waals surface area contributed by atoms with Gasteiger partial charge in [0.2, 0.25) is 5.91 Å². The van der Waals surface area contributed by atoms with Crippen LogP contribution >= 0.6 is 12.4 Å². The molecular weight excluding hydrogens is 462 g/mol. The first kappa shape index (κ1) is 27.1. The van der Waals surface area contributed by atoms with Crippen molar-refractivity contribution in [1.82, 2.24) is 14.9 Å². The monoisotopic (exact) mass is 499 g/mol. The van der Waals surface area contributed by atoms with E-state index < -0.39 is 0 Å². The number of para-hydroxylation sites is 1. The molecule has 1 fully saturated rings. The summed E-state index contributed by atoms with van der Waals surface area (Å²) < 4.78 is 0. The second-order valence-electron chi connectivity index (χ2n) is 10.5. The van der Waals surface area contributed by atoms with Crippen LogP contribution in [-0.4, -0.2) is 65.8 Å². The molecule has 1 saturated heterocycles. The summed E-state index contributed by atoms with van der Waals surface area (Å²) in [5.41, 5.74) is 2.41. The number of nitrogens with zero attached hydrogens (tertiary/aromatic N) is 5. The van der Waals surface area contributed by atoms with Crippen LogP contribution in [0.5, 0.6) is 0 Å². The zero-order chi connectivity index (χ0) is 24.3. The molecule has 0 unspecified atom stereocenters. The fourth-order valence-electron chi connectivity index (χ4n) is 4.67. The van der Waals surface area contributed by atoms with E-state index in [9.17, 15) is 9.59 Å². The van der Waals surface area contributed by atoms with Crippen LogP contribution in [0.2, 0.25) is 0 Å². The Morgan fingerprint density at radius 3 is 2.31 bits per heavy atom. The van der Waals surface area contributed by atoms with Crippen LogP contribution in [-0.2, 0) is 10.2 Å². The van der Waals surface area contributed by atoms with E-state index in [0.29, 0.717) is 24.9 Å². The number of Topliss-reactive ketones (excluding diaryl/α,β-unsaturated/α-hetero) is 1. The summed E-state index contributed by atoms with van der Waals surface area (Å²) in [4.78, 5) is 41.2. The lowest BCUT2D eigenvalue weighted by molar-refractivity contribution is -0.118. The van der Waals surface area contributed by atoms with E-state index in [2.05, 4.69) is 41.6 Å². The van der Waals surface area contributed by atoms with Crippen LogP contribution in [0, 0.1) is 6.92 Å². The number of benzene rings is 1. The predicted octanol–water partition coefficient (Wildman–Crippen LogP) is 4.42. The van der Waals surface area contributed by atoms with Gasteiger partial charge in [0.15, 0.2) is 5.78 Å². The van der Waals surface area contributed by atoms with E-state index in [1.807, 2.05) is 36.1 Å². The van der Waals surface area contributed by atoms with Gasteiger partial charge in [0, 0.05) is 68.3 Å². The van der Waals surface area contributed by atoms with Crippen molar-refractivity contribution in [2.24, 2.45) is 0 Å². The smallest absolute Gasteiger partial charge is 0.227 e. The number of anilines is 2. The molecule has 0 radical (unpaired) electrons. The second-order valence-corrected chi connectivity index (χ2v) is 10.5. The molecular formula is C27H38ClN5O2. The largest absolute Gasteiger partial charge is 0.354 e. The number of hydrogen-bond acceptors (Lipinski definition) is 6. The molecule has 7 nitrogen and oxygen atoms in total. The number of amides is 1. The molecule has 1 amide bonds. The minimum Gasteiger partial charge on any atom is -0.354 e. The number of piperazine rings is 1. The minimum atomic E-state index is -0.0643. The summed E-state index contributed by atoms with van der Waals surface area (Å²) in [5, 5.41) is 0. The van der Waals surface area contributed by atoms with Crippen molar-refractivity contribution in [2.75, 3.05) is 49.1 Å². The van der Waals surface area contributed by atoms with Crippen LogP contribution in [0.1, 0.15) is 68.3 Å². The molecule has 35 heavy (non-hydrogen) atoms. The van der Waals surface area contributed by atoms with Gasteiger partial charge in [-0.15, -0.1) is 12.4 Å². The zero-order valence-electron chi connectivity index (χ0n) is 21.4. The molecule has 8 heteroatoms. The molecule has 2 aromatic rings. The lowest BCUT2D eigenvalue weighted by Crippen LogP contribution is -2.47. The fraction of sp³-hybridized carbons (Fsp3) is 0.556. The summed E-state index contributed by atoms with van der Waals surface area (Å²) in [6.45, 7) is 14.1. The maximum absolute atomic E-state index is 12.6. The number of halogens is 1. The third-order valence-electron chi connectivity index (χ3n) is 6.68. The topological polar surface area (TPSA) is 69.6 Å². The highest BCUT2D eigenvalue weighted by atomic mass is 35.5. The van der Waals surface area contributed by atoms with Crippen molar-refractivity contribution in [1.29, 1.82) is 0 Å². The van der Waals surface area contributed by atoms with Crippen molar-refractivity contribution in [3.63, 3.8) is 0 Å². The van der Waals surface area contributed by atoms with E-state index in [-0.39, 0.29) is 29.5 Å². The molecule has 0 atom stereocenters. The van der Waals surface area contributed by atoms with E-state index in [1.54, 1.807) is 0 Å². The normalized spacial score (nSPS) is 17.1. The standard InChI is InChI=1S/C27H37N5O2.ClH/c1-20-19-24(29-26(28-20)27(2,3)4)31-17-15-30(16-18-31)13-7-8-14-32-22-10-6-5-9-21(22)23(33)11-12-25(32)34;/h5-6,9-10,19H,7-8,11-18H2,1-4H3;1H. The zero-order valence-corrected chi connectivity index (χ0v) is 22.2.